The van der Waals surface area contributed by atoms with Gasteiger partial charge in [0.05, 0.1) is 5.69 Å². The number of hydrogen-bond donors (Lipinski definition) is 1. The summed E-state index contributed by atoms with van der Waals surface area (Å²) >= 11 is 0. The molecular formula is C40H41F3NOZr. The normalized spacial score (nSPS) is 11.2. The molecule has 2 nitrogen and oxygen atoms in total. The van der Waals surface area contributed by atoms with Crippen molar-refractivity contribution < 1.29 is 44.5 Å². The van der Waals surface area contributed by atoms with E-state index in [0.717, 1.165) is 34.4 Å². The van der Waals surface area contributed by atoms with Gasteiger partial charge in [0.15, 0.2) is 0 Å². The van der Waals surface area contributed by atoms with Crippen LogP contribution in [0.2, 0.25) is 0 Å². The summed E-state index contributed by atoms with van der Waals surface area (Å²) in [7, 11) is 0. The molecule has 0 atom stereocenters. The molecule has 5 rings (SSSR count). The molecule has 1 N–H and O–H groups in total. The van der Waals surface area contributed by atoms with Crippen LogP contribution in [0.4, 0.5) is 13.2 Å². The Morgan fingerprint density at radius 1 is 0.630 bits per heavy atom. The van der Waals surface area contributed by atoms with Crippen LogP contribution in [0.25, 0.3) is 22.5 Å². The molecule has 0 aliphatic heterocycles. The fourth-order valence-electron chi connectivity index (χ4n) is 4.32. The zero-order chi connectivity index (χ0) is 33.4. The second-order valence-corrected chi connectivity index (χ2v) is 12.8. The molecule has 0 fully saturated rings. The molecule has 1 aromatic heterocycles. The first kappa shape index (κ1) is 38.4. The average molecular weight is 700 g/mol. The van der Waals surface area contributed by atoms with Crippen LogP contribution in [0.1, 0.15) is 69.4 Å². The van der Waals surface area contributed by atoms with E-state index in [1.807, 2.05) is 93.6 Å². The average Bonchev–Trinajstić information content (AvgIpc) is 2.97. The fraction of sp³-hybridized carbons (Fsp3) is 0.225. The van der Waals surface area contributed by atoms with Crippen LogP contribution in [0, 0.1) is 19.9 Å². The molecule has 46 heavy (non-hydrogen) atoms. The maximum absolute atomic E-state index is 13.1. The molecule has 0 saturated carbocycles. The van der Waals surface area contributed by atoms with Crippen LogP contribution < -0.4 is 0 Å². The van der Waals surface area contributed by atoms with Crippen LogP contribution in [-0.2, 0) is 43.2 Å². The molecule has 0 amide bonds. The minimum atomic E-state index is -4.44. The standard InChI is InChI=1S/C26H27F3NO.2C7H7.Zr/c1-24(2,3)18-14-19(23(31)20(15-18)25(4,5)6)22-12-8-11-21(30-22)16-9-7-10-17(13-16)26(27,28)29;2*1-7-5-3-2-4-6-7;/h7-8,10-15,31H,1-6H3;2*2-6H,1H2;/q3*-1;+3. The summed E-state index contributed by atoms with van der Waals surface area (Å²) in [5.74, 6) is 0.137. The third kappa shape index (κ3) is 11.2. The van der Waals surface area contributed by atoms with E-state index < -0.39 is 11.7 Å². The number of pyridine rings is 1. The molecule has 0 aliphatic carbocycles. The molecule has 0 spiro atoms. The van der Waals surface area contributed by atoms with Crippen LogP contribution in [-0.4, -0.2) is 10.1 Å². The Morgan fingerprint density at radius 2 is 1.15 bits per heavy atom. The predicted molar refractivity (Wildman–Crippen MR) is 180 cm³/mol. The molecule has 6 heteroatoms. The first-order valence-electron chi connectivity index (χ1n) is 14.7. The SMILES string of the molecule is CC(C)(C)c1cc(-c2cccc(-c3[c-]ccc(C(F)(F)F)c3)n2)c(O)c(C(C)(C)C)c1.[CH2-]c1ccccc1.[CH2-]c1ccccc1.[Zr+3]. The molecule has 1 heterocycles. The third-order valence-electron chi connectivity index (χ3n) is 6.90. The summed E-state index contributed by atoms with van der Waals surface area (Å²) in [5, 5.41) is 11.1. The van der Waals surface area contributed by atoms with Gasteiger partial charge in [-0.25, -0.2) is 0 Å². The molecule has 4 aromatic carbocycles. The van der Waals surface area contributed by atoms with Crippen molar-refractivity contribution in [1.29, 1.82) is 0 Å². The summed E-state index contributed by atoms with van der Waals surface area (Å²) < 4.78 is 39.4. The van der Waals surface area contributed by atoms with Gasteiger partial charge in [-0.3, -0.25) is 4.98 Å². The molecule has 0 unspecified atom stereocenters. The van der Waals surface area contributed by atoms with Crippen molar-refractivity contribution in [1.82, 2.24) is 4.98 Å². The largest absolute Gasteiger partial charge is 3.00 e. The number of phenolic OH excluding ortho intramolecular Hbond substituents is 1. The summed E-state index contributed by atoms with van der Waals surface area (Å²) in [6, 6.07) is 34.9. The Kier molecular flexibility index (Phi) is 13.5. The van der Waals surface area contributed by atoms with Crippen LogP contribution >= 0.6 is 0 Å². The van der Waals surface area contributed by atoms with E-state index in [-0.39, 0.29) is 48.3 Å². The number of phenols is 1. The van der Waals surface area contributed by atoms with Gasteiger partial charge in [0, 0.05) is 11.1 Å². The van der Waals surface area contributed by atoms with Crippen molar-refractivity contribution in [3.05, 3.63) is 157 Å². The monoisotopic (exact) mass is 698 g/mol. The Labute approximate surface area is 291 Å². The molecule has 1 radical (unpaired) electrons. The van der Waals surface area contributed by atoms with Gasteiger partial charge in [0.2, 0.25) is 0 Å². The van der Waals surface area contributed by atoms with Crippen molar-refractivity contribution in [3.63, 3.8) is 0 Å². The zero-order valence-electron chi connectivity index (χ0n) is 27.3. The molecule has 237 valence electrons. The van der Waals surface area contributed by atoms with Gasteiger partial charge in [-0.1, -0.05) is 71.9 Å². The van der Waals surface area contributed by atoms with Crippen molar-refractivity contribution >= 4 is 0 Å². The van der Waals surface area contributed by atoms with E-state index in [0.29, 0.717) is 17.0 Å². The van der Waals surface area contributed by atoms with Gasteiger partial charge in [-0.2, -0.15) is 62.4 Å². The first-order chi connectivity index (χ1) is 21.0. The van der Waals surface area contributed by atoms with Crippen molar-refractivity contribution in [3.8, 4) is 28.3 Å². The van der Waals surface area contributed by atoms with E-state index in [1.54, 1.807) is 18.2 Å². The molecular weight excluding hydrogens is 659 g/mol. The number of halogens is 3. The molecule has 5 aromatic rings. The van der Waals surface area contributed by atoms with E-state index in [2.05, 4.69) is 45.7 Å². The number of aromatic nitrogens is 1. The van der Waals surface area contributed by atoms with Crippen molar-refractivity contribution in [2.45, 2.75) is 58.5 Å². The molecule has 0 aliphatic rings. The number of hydrogen-bond acceptors (Lipinski definition) is 2. The van der Waals surface area contributed by atoms with Gasteiger partial charge in [-0.05, 0) is 39.8 Å². The van der Waals surface area contributed by atoms with Crippen molar-refractivity contribution in [2.75, 3.05) is 0 Å². The summed E-state index contributed by atoms with van der Waals surface area (Å²) in [5.41, 5.74) is 4.45. The van der Waals surface area contributed by atoms with Crippen LogP contribution in [0.15, 0.2) is 109 Å². The maximum Gasteiger partial charge on any atom is 3.00 e. The number of aromatic hydroxyl groups is 1. The van der Waals surface area contributed by atoms with Crippen LogP contribution in [0.5, 0.6) is 5.75 Å². The Balaban J connectivity index is 0.000000401. The van der Waals surface area contributed by atoms with Crippen LogP contribution in [0.3, 0.4) is 0 Å². The maximum atomic E-state index is 13.1. The minimum absolute atomic E-state index is 0. The minimum Gasteiger partial charge on any atom is -0.507 e. The molecule has 0 bridgehead atoms. The van der Waals surface area contributed by atoms with E-state index in [9.17, 15) is 18.3 Å². The number of alkyl halides is 3. The zero-order valence-corrected chi connectivity index (χ0v) is 29.8. The predicted octanol–water partition coefficient (Wildman–Crippen LogP) is 11.3. The van der Waals surface area contributed by atoms with Gasteiger partial charge in [0.25, 0.3) is 0 Å². The second-order valence-electron chi connectivity index (χ2n) is 12.8. The van der Waals surface area contributed by atoms with Gasteiger partial charge < -0.3 is 5.11 Å². The quantitative estimate of drug-likeness (QED) is 0.186. The first-order valence-corrected chi connectivity index (χ1v) is 14.7. The van der Waals surface area contributed by atoms with Crippen molar-refractivity contribution in [2.24, 2.45) is 0 Å². The molecule has 0 saturated heterocycles. The van der Waals surface area contributed by atoms with Gasteiger partial charge in [0.1, 0.15) is 5.75 Å². The van der Waals surface area contributed by atoms with Gasteiger partial charge in [-0.15, -0.1) is 54.1 Å². The summed E-state index contributed by atoms with van der Waals surface area (Å²) in [6.07, 6.45) is -4.44. The summed E-state index contributed by atoms with van der Waals surface area (Å²) in [4.78, 5) is 4.58. The van der Waals surface area contributed by atoms with Gasteiger partial charge >= 0.3 is 32.4 Å². The number of benzene rings is 4. The number of nitrogens with zero attached hydrogens (tertiary/aromatic N) is 1. The number of rotatable bonds is 2. The smallest absolute Gasteiger partial charge is 0.507 e. The summed E-state index contributed by atoms with van der Waals surface area (Å²) in [6.45, 7) is 19.8. The topological polar surface area (TPSA) is 33.1 Å². The van der Waals surface area contributed by atoms with E-state index in [1.165, 1.54) is 6.07 Å². The van der Waals surface area contributed by atoms with E-state index in [4.69, 9.17) is 0 Å². The Hall–Kier alpha value is -3.76. The van der Waals surface area contributed by atoms with E-state index >= 15 is 0 Å². The second kappa shape index (κ2) is 16.2. The fourth-order valence-corrected chi connectivity index (χ4v) is 4.32. The third-order valence-corrected chi connectivity index (χ3v) is 6.90. The Bertz CT molecular complexity index is 1630. The Morgan fingerprint density at radius 3 is 1.59 bits per heavy atom.